The molecule has 0 radical (unpaired) electrons. The molecule has 2 aliphatic rings. The van der Waals surface area contributed by atoms with Gasteiger partial charge in [0.25, 0.3) is 0 Å². The summed E-state index contributed by atoms with van der Waals surface area (Å²) in [4.78, 5) is 14.7. The molecular formula is C20H27N5O2. The Bertz CT molecular complexity index is 737. The molecule has 2 aliphatic heterocycles. The van der Waals surface area contributed by atoms with Crippen LogP contribution in [0.4, 0.5) is 0 Å². The number of hydrogen-bond donors (Lipinski definition) is 2. The van der Waals surface area contributed by atoms with Gasteiger partial charge >= 0.3 is 0 Å². The fourth-order valence-electron chi connectivity index (χ4n) is 3.70. The minimum atomic E-state index is -0.0538. The number of amides is 1. The zero-order valence-corrected chi connectivity index (χ0v) is 15.6. The maximum atomic E-state index is 12.3. The van der Waals surface area contributed by atoms with Crippen molar-refractivity contribution in [3.8, 4) is 0 Å². The normalized spacial score (nSPS) is 20.2. The summed E-state index contributed by atoms with van der Waals surface area (Å²) in [6, 6.07) is 12.5. The van der Waals surface area contributed by atoms with Crippen molar-refractivity contribution in [3.63, 3.8) is 0 Å². The van der Waals surface area contributed by atoms with Crippen molar-refractivity contribution in [2.45, 2.75) is 38.7 Å². The second-order valence-corrected chi connectivity index (χ2v) is 7.22. The average molecular weight is 369 g/mol. The van der Waals surface area contributed by atoms with Crippen LogP contribution < -0.4 is 10.6 Å². The van der Waals surface area contributed by atoms with Crippen molar-refractivity contribution in [2.75, 3.05) is 26.2 Å². The van der Waals surface area contributed by atoms with Crippen LogP contribution in [-0.2, 0) is 35.7 Å². The molecule has 7 heteroatoms. The molecule has 1 atom stereocenters. The molecular weight excluding hydrogens is 342 g/mol. The number of aromatic nitrogens is 2. The van der Waals surface area contributed by atoms with Gasteiger partial charge in [0.1, 0.15) is 0 Å². The third kappa shape index (κ3) is 4.94. The summed E-state index contributed by atoms with van der Waals surface area (Å²) in [5.41, 5.74) is 3.39. The highest BCUT2D eigenvalue weighted by Gasteiger charge is 2.23. The zero-order valence-electron chi connectivity index (χ0n) is 15.6. The second-order valence-electron chi connectivity index (χ2n) is 7.22. The van der Waals surface area contributed by atoms with Gasteiger partial charge in [-0.2, -0.15) is 5.10 Å². The summed E-state index contributed by atoms with van der Waals surface area (Å²) in [6.45, 7) is 6.40. The Balaban J connectivity index is 1.23. The van der Waals surface area contributed by atoms with Crippen molar-refractivity contribution in [2.24, 2.45) is 0 Å². The van der Waals surface area contributed by atoms with Crippen molar-refractivity contribution in [3.05, 3.63) is 53.3 Å². The number of nitrogens with zero attached hydrogens (tertiary/aromatic N) is 3. The number of hydrogen-bond acceptors (Lipinski definition) is 5. The smallest absolute Gasteiger partial charge is 0.222 e. The SMILES string of the molecule is O=C(C[C@@H]1CN(Cc2ccccc2)CCO1)NCc1cc2n(n1)CCNC2. The first-order chi connectivity index (χ1) is 13.3. The number of benzene rings is 1. The van der Waals surface area contributed by atoms with E-state index in [1.807, 2.05) is 10.7 Å². The molecule has 0 aliphatic carbocycles. The lowest BCUT2D eigenvalue weighted by Crippen LogP contribution is -2.44. The molecule has 1 aromatic heterocycles. The van der Waals surface area contributed by atoms with Crippen LogP contribution in [0.5, 0.6) is 0 Å². The number of nitrogens with one attached hydrogen (secondary N) is 2. The Morgan fingerprint density at radius 3 is 3.04 bits per heavy atom. The lowest BCUT2D eigenvalue weighted by molar-refractivity contribution is -0.126. The lowest BCUT2D eigenvalue weighted by atomic mass is 10.1. The Morgan fingerprint density at radius 2 is 2.19 bits per heavy atom. The van der Waals surface area contributed by atoms with Gasteiger partial charge in [-0.1, -0.05) is 30.3 Å². The number of ether oxygens (including phenoxy) is 1. The van der Waals surface area contributed by atoms with E-state index >= 15 is 0 Å². The Morgan fingerprint density at radius 1 is 1.30 bits per heavy atom. The van der Waals surface area contributed by atoms with E-state index < -0.39 is 0 Å². The Hall–Kier alpha value is -2.22. The van der Waals surface area contributed by atoms with Gasteiger partial charge in [-0.25, -0.2) is 0 Å². The summed E-state index contributed by atoms with van der Waals surface area (Å²) in [6.07, 6.45) is 0.335. The van der Waals surface area contributed by atoms with Crippen molar-refractivity contribution in [1.82, 2.24) is 25.3 Å². The molecule has 7 nitrogen and oxygen atoms in total. The third-order valence-corrected chi connectivity index (χ3v) is 5.07. The number of fused-ring (bicyclic) bond motifs is 1. The first kappa shape index (κ1) is 18.2. The summed E-state index contributed by atoms with van der Waals surface area (Å²) < 4.78 is 7.82. The van der Waals surface area contributed by atoms with Crippen LogP contribution in [0.3, 0.4) is 0 Å². The number of morpholine rings is 1. The van der Waals surface area contributed by atoms with Crippen LogP contribution in [-0.4, -0.2) is 52.9 Å². The molecule has 1 amide bonds. The Kier molecular flexibility index (Phi) is 5.81. The molecule has 144 valence electrons. The fourth-order valence-corrected chi connectivity index (χ4v) is 3.70. The molecule has 3 heterocycles. The van der Waals surface area contributed by atoms with Gasteiger partial charge in [-0.15, -0.1) is 0 Å². The molecule has 1 fully saturated rings. The van der Waals surface area contributed by atoms with E-state index in [0.717, 1.165) is 45.0 Å². The highest BCUT2D eigenvalue weighted by molar-refractivity contribution is 5.76. The van der Waals surface area contributed by atoms with Crippen LogP contribution in [0, 0.1) is 0 Å². The van der Waals surface area contributed by atoms with Crippen molar-refractivity contribution < 1.29 is 9.53 Å². The standard InChI is InChI=1S/C20H27N5O2/c26-20(22-12-17-10-18-13-21-6-7-25(18)23-17)11-19-15-24(8-9-27-19)14-16-4-2-1-3-5-16/h1-5,10,19,21H,6-9,11-15H2,(H,22,26)/t19-/m1/s1. The highest BCUT2D eigenvalue weighted by Crippen LogP contribution is 2.13. The van der Waals surface area contributed by atoms with Gasteiger partial charge in [0.05, 0.1) is 43.6 Å². The first-order valence-electron chi connectivity index (χ1n) is 9.67. The van der Waals surface area contributed by atoms with Crippen LogP contribution >= 0.6 is 0 Å². The van der Waals surface area contributed by atoms with E-state index in [-0.39, 0.29) is 12.0 Å². The average Bonchev–Trinajstić information content (AvgIpc) is 3.11. The van der Waals surface area contributed by atoms with Crippen molar-refractivity contribution in [1.29, 1.82) is 0 Å². The van der Waals surface area contributed by atoms with Gasteiger partial charge in [0, 0.05) is 32.7 Å². The summed E-state index contributed by atoms with van der Waals surface area (Å²) in [5.74, 6) is 0.0191. The van der Waals surface area contributed by atoms with E-state index in [1.165, 1.54) is 11.3 Å². The predicted octanol–water partition coefficient (Wildman–Crippen LogP) is 0.894. The molecule has 1 saturated heterocycles. The quantitative estimate of drug-likeness (QED) is 0.792. The summed E-state index contributed by atoms with van der Waals surface area (Å²) in [7, 11) is 0. The van der Waals surface area contributed by atoms with E-state index in [2.05, 4.69) is 51.0 Å². The predicted molar refractivity (Wildman–Crippen MR) is 102 cm³/mol. The van der Waals surface area contributed by atoms with Gasteiger partial charge in [0.2, 0.25) is 5.91 Å². The lowest BCUT2D eigenvalue weighted by Gasteiger charge is -2.32. The molecule has 0 saturated carbocycles. The van der Waals surface area contributed by atoms with E-state index in [1.54, 1.807) is 0 Å². The fraction of sp³-hybridized carbons (Fsp3) is 0.500. The number of carbonyl (C=O) groups excluding carboxylic acids is 1. The van der Waals surface area contributed by atoms with Gasteiger partial charge < -0.3 is 15.4 Å². The minimum absolute atomic E-state index is 0.0191. The third-order valence-electron chi connectivity index (χ3n) is 5.07. The van der Waals surface area contributed by atoms with Gasteiger partial charge in [0.15, 0.2) is 0 Å². The maximum Gasteiger partial charge on any atom is 0.222 e. The molecule has 2 N–H and O–H groups in total. The monoisotopic (exact) mass is 369 g/mol. The van der Waals surface area contributed by atoms with E-state index in [9.17, 15) is 4.79 Å². The van der Waals surface area contributed by atoms with Gasteiger partial charge in [-0.05, 0) is 11.6 Å². The van der Waals surface area contributed by atoms with E-state index in [4.69, 9.17) is 4.74 Å². The molecule has 27 heavy (non-hydrogen) atoms. The number of carbonyl (C=O) groups is 1. The van der Waals surface area contributed by atoms with Gasteiger partial charge in [-0.3, -0.25) is 14.4 Å². The van der Waals surface area contributed by atoms with Crippen LogP contribution in [0.2, 0.25) is 0 Å². The van der Waals surface area contributed by atoms with Crippen LogP contribution in [0.1, 0.15) is 23.4 Å². The van der Waals surface area contributed by atoms with E-state index in [0.29, 0.717) is 19.6 Å². The molecule has 2 aromatic rings. The second kappa shape index (κ2) is 8.65. The molecule has 0 bridgehead atoms. The highest BCUT2D eigenvalue weighted by atomic mass is 16.5. The summed E-state index contributed by atoms with van der Waals surface area (Å²) in [5, 5.41) is 10.9. The zero-order chi connectivity index (χ0) is 18.5. The maximum absolute atomic E-state index is 12.3. The molecule has 4 rings (SSSR count). The minimum Gasteiger partial charge on any atom is -0.375 e. The molecule has 0 spiro atoms. The van der Waals surface area contributed by atoms with Crippen LogP contribution in [0.25, 0.3) is 0 Å². The molecule has 1 aromatic carbocycles. The summed E-state index contributed by atoms with van der Waals surface area (Å²) >= 11 is 0. The van der Waals surface area contributed by atoms with Crippen LogP contribution in [0.15, 0.2) is 36.4 Å². The topological polar surface area (TPSA) is 71.4 Å². The largest absolute Gasteiger partial charge is 0.375 e. The number of rotatable bonds is 6. The Labute approximate surface area is 159 Å². The van der Waals surface area contributed by atoms with Crippen molar-refractivity contribution >= 4 is 5.91 Å². The first-order valence-corrected chi connectivity index (χ1v) is 9.67. The molecule has 0 unspecified atom stereocenters.